The molecule has 1 unspecified atom stereocenters. The first-order valence-electron chi connectivity index (χ1n) is 15.6. The number of allylic oxidation sites excluding steroid dienone is 2. The third-order valence-corrected chi connectivity index (χ3v) is 9.21. The van der Waals surface area contributed by atoms with Crippen LogP contribution < -0.4 is 5.32 Å². The number of hydrogen-bond donors (Lipinski definition) is 1. The lowest BCUT2D eigenvalue weighted by atomic mass is 9.96. The average molecular weight is 575 g/mol. The van der Waals surface area contributed by atoms with Crippen LogP contribution in [0.1, 0.15) is 11.6 Å². The Labute approximate surface area is 262 Å². The van der Waals surface area contributed by atoms with Gasteiger partial charge in [0.2, 0.25) is 0 Å². The maximum absolute atomic E-state index is 3.51. The SMILES string of the molecule is C1=CNC(c2ccc3c4ccc5cc(-c6cccc(-c7ccccc7)c6)ccc5c4n(-c4ccc5ccccc5c4)c3c2)C=C1. The van der Waals surface area contributed by atoms with E-state index >= 15 is 0 Å². The van der Waals surface area contributed by atoms with Gasteiger partial charge in [-0.05, 0) is 86.6 Å². The van der Waals surface area contributed by atoms with E-state index in [2.05, 4.69) is 168 Å². The highest BCUT2D eigenvalue weighted by atomic mass is 15.0. The molecule has 0 aliphatic carbocycles. The molecular weight excluding hydrogens is 544 g/mol. The van der Waals surface area contributed by atoms with Crippen molar-refractivity contribution in [3.05, 3.63) is 176 Å². The zero-order valence-corrected chi connectivity index (χ0v) is 24.7. The molecule has 45 heavy (non-hydrogen) atoms. The van der Waals surface area contributed by atoms with Crippen LogP contribution in [0.3, 0.4) is 0 Å². The molecule has 1 aliphatic heterocycles. The van der Waals surface area contributed by atoms with Gasteiger partial charge in [-0.2, -0.15) is 0 Å². The van der Waals surface area contributed by atoms with Crippen LogP contribution in [0, 0.1) is 0 Å². The Morgan fingerprint density at radius 2 is 1.20 bits per heavy atom. The highest BCUT2D eigenvalue weighted by Gasteiger charge is 2.18. The van der Waals surface area contributed by atoms with Gasteiger partial charge >= 0.3 is 0 Å². The minimum Gasteiger partial charge on any atom is -0.381 e. The Morgan fingerprint density at radius 1 is 0.467 bits per heavy atom. The van der Waals surface area contributed by atoms with E-state index in [4.69, 9.17) is 0 Å². The van der Waals surface area contributed by atoms with Gasteiger partial charge in [0.05, 0.1) is 17.1 Å². The third-order valence-electron chi connectivity index (χ3n) is 9.21. The van der Waals surface area contributed by atoms with Gasteiger partial charge in [0.1, 0.15) is 0 Å². The van der Waals surface area contributed by atoms with Gasteiger partial charge in [-0.25, -0.2) is 0 Å². The van der Waals surface area contributed by atoms with Crippen LogP contribution in [0.4, 0.5) is 0 Å². The highest BCUT2D eigenvalue weighted by Crippen LogP contribution is 2.39. The van der Waals surface area contributed by atoms with Crippen LogP contribution in [0.2, 0.25) is 0 Å². The first-order valence-corrected chi connectivity index (χ1v) is 15.6. The topological polar surface area (TPSA) is 17.0 Å². The Morgan fingerprint density at radius 3 is 2.07 bits per heavy atom. The standard InChI is InChI=1S/C43H30N2/c1-2-9-29(10-3-1)31-13-8-14-32(25-31)34-17-21-38-35(26-34)18-23-40-39-22-19-36(41-15-6-7-24-44-41)28-42(39)45(43(38)40)37-20-16-30-11-4-5-12-33(30)27-37/h1-28,41,44H. The molecule has 2 heteroatoms. The molecule has 8 aromatic rings. The molecule has 1 aliphatic rings. The predicted octanol–water partition coefficient (Wildman–Crippen LogP) is 11.1. The number of benzene rings is 7. The molecule has 0 saturated heterocycles. The van der Waals surface area contributed by atoms with Gasteiger partial charge in [-0.3, -0.25) is 0 Å². The van der Waals surface area contributed by atoms with E-state index in [0.717, 1.165) is 0 Å². The van der Waals surface area contributed by atoms with Gasteiger partial charge in [-0.15, -0.1) is 0 Å². The van der Waals surface area contributed by atoms with E-state index in [-0.39, 0.29) is 6.04 Å². The molecule has 7 aromatic carbocycles. The normalized spacial score (nSPS) is 14.4. The maximum Gasteiger partial charge on any atom is 0.0696 e. The number of fused-ring (bicyclic) bond motifs is 6. The van der Waals surface area contributed by atoms with Crippen molar-refractivity contribution >= 4 is 43.4 Å². The summed E-state index contributed by atoms with van der Waals surface area (Å²) in [5, 5.41) is 11.0. The summed E-state index contributed by atoms with van der Waals surface area (Å²) < 4.78 is 2.47. The smallest absolute Gasteiger partial charge is 0.0696 e. The van der Waals surface area contributed by atoms with Crippen LogP contribution in [-0.2, 0) is 0 Å². The largest absolute Gasteiger partial charge is 0.381 e. The second kappa shape index (κ2) is 10.4. The fraction of sp³-hybridized carbons (Fsp3) is 0.0233. The first kappa shape index (κ1) is 25.6. The van der Waals surface area contributed by atoms with Gasteiger partial charge in [0.15, 0.2) is 0 Å². The fourth-order valence-corrected chi connectivity index (χ4v) is 6.97. The maximum atomic E-state index is 3.51. The molecule has 0 saturated carbocycles. The average Bonchev–Trinajstić information content (AvgIpc) is 3.46. The van der Waals surface area contributed by atoms with E-state index in [1.807, 2.05) is 12.3 Å². The molecule has 1 aromatic heterocycles. The minimum absolute atomic E-state index is 0.147. The van der Waals surface area contributed by atoms with Crippen molar-refractivity contribution in [2.45, 2.75) is 6.04 Å². The quantitative estimate of drug-likeness (QED) is 0.221. The lowest BCUT2D eigenvalue weighted by molar-refractivity contribution is 0.747. The van der Waals surface area contributed by atoms with Crippen LogP contribution >= 0.6 is 0 Å². The molecule has 0 amide bonds. The predicted molar refractivity (Wildman–Crippen MR) is 191 cm³/mol. The molecular formula is C43H30N2. The lowest BCUT2D eigenvalue weighted by Crippen LogP contribution is -2.14. The number of rotatable bonds is 4. The summed E-state index contributed by atoms with van der Waals surface area (Å²) in [5.41, 5.74) is 9.78. The van der Waals surface area contributed by atoms with E-state index < -0.39 is 0 Å². The Kier molecular flexibility index (Phi) is 5.92. The van der Waals surface area contributed by atoms with Gasteiger partial charge in [-0.1, -0.05) is 127 Å². The Balaban J connectivity index is 1.27. The summed E-state index contributed by atoms with van der Waals surface area (Å²) in [5.74, 6) is 0. The zero-order chi connectivity index (χ0) is 29.7. The number of aromatic nitrogens is 1. The van der Waals surface area contributed by atoms with Crippen molar-refractivity contribution in [1.82, 2.24) is 9.88 Å². The first-order chi connectivity index (χ1) is 22.3. The van der Waals surface area contributed by atoms with Crippen LogP contribution in [0.25, 0.3) is 71.3 Å². The zero-order valence-electron chi connectivity index (χ0n) is 24.7. The number of nitrogens with zero attached hydrogens (tertiary/aromatic N) is 1. The van der Waals surface area contributed by atoms with Crippen LogP contribution in [0.5, 0.6) is 0 Å². The van der Waals surface area contributed by atoms with Gasteiger partial charge < -0.3 is 9.88 Å². The van der Waals surface area contributed by atoms with E-state index in [9.17, 15) is 0 Å². The second-order valence-electron chi connectivity index (χ2n) is 11.9. The molecule has 2 heterocycles. The summed E-state index contributed by atoms with van der Waals surface area (Å²) in [6.45, 7) is 0. The summed E-state index contributed by atoms with van der Waals surface area (Å²) in [4.78, 5) is 0. The molecule has 212 valence electrons. The monoisotopic (exact) mass is 574 g/mol. The molecule has 0 spiro atoms. The fourth-order valence-electron chi connectivity index (χ4n) is 6.97. The van der Waals surface area contributed by atoms with Crippen LogP contribution in [0.15, 0.2) is 170 Å². The Bertz CT molecular complexity index is 2460. The molecule has 2 nitrogen and oxygen atoms in total. The Hall–Kier alpha value is -5.86. The van der Waals surface area contributed by atoms with Crippen molar-refractivity contribution in [3.8, 4) is 27.9 Å². The van der Waals surface area contributed by atoms with Crippen molar-refractivity contribution in [2.24, 2.45) is 0 Å². The van der Waals surface area contributed by atoms with Gasteiger partial charge in [0.25, 0.3) is 0 Å². The van der Waals surface area contributed by atoms with Crippen molar-refractivity contribution in [2.75, 3.05) is 0 Å². The van der Waals surface area contributed by atoms with Crippen molar-refractivity contribution < 1.29 is 0 Å². The molecule has 1 atom stereocenters. The van der Waals surface area contributed by atoms with E-state index in [0.29, 0.717) is 0 Å². The summed E-state index contributed by atoms with van der Waals surface area (Å²) >= 11 is 0. The van der Waals surface area contributed by atoms with Crippen LogP contribution in [-0.4, -0.2) is 4.57 Å². The van der Waals surface area contributed by atoms with Crippen molar-refractivity contribution in [1.29, 1.82) is 0 Å². The lowest BCUT2D eigenvalue weighted by Gasteiger charge is -2.17. The molecule has 0 radical (unpaired) electrons. The molecule has 1 N–H and O–H groups in total. The summed E-state index contributed by atoms with van der Waals surface area (Å²) in [7, 11) is 0. The number of dihydropyridines is 1. The molecule has 0 fully saturated rings. The summed E-state index contributed by atoms with van der Waals surface area (Å²) in [6.07, 6.45) is 8.40. The van der Waals surface area contributed by atoms with Crippen molar-refractivity contribution in [3.63, 3.8) is 0 Å². The number of hydrogen-bond acceptors (Lipinski definition) is 1. The van der Waals surface area contributed by atoms with E-state index in [1.165, 1.54) is 76.9 Å². The van der Waals surface area contributed by atoms with Gasteiger partial charge in [0, 0.05) is 21.8 Å². The molecule has 0 bridgehead atoms. The third kappa shape index (κ3) is 4.34. The van der Waals surface area contributed by atoms with E-state index in [1.54, 1.807) is 0 Å². The molecule has 9 rings (SSSR count). The highest BCUT2D eigenvalue weighted by molar-refractivity contribution is 6.19. The number of nitrogens with one attached hydrogen (secondary N) is 1. The summed E-state index contributed by atoms with van der Waals surface area (Å²) in [6, 6.07) is 53.5. The second-order valence-corrected chi connectivity index (χ2v) is 11.9. The minimum atomic E-state index is 0.147.